The molecule has 0 unspecified atom stereocenters. The molecule has 0 atom stereocenters. The van der Waals surface area contributed by atoms with Crippen LogP contribution in [0, 0.1) is 0 Å². The number of fused-ring (bicyclic) bond motifs is 18. The van der Waals surface area contributed by atoms with Crippen molar-refractivity contribution in [3.8, 4) is 11.4 Å². The first kappa shape index (κ1) is 38.0. The first-order chi connectivity index (χ1) is 34.2. The Bertz CT molecular complexity index is 4380. The summed E-state index contributed by atoms with van der Waals surface area (Å²) in [5.41, 5.74) is 10.3. The van der Waals surface area contributed by atoms with Crippen LogP contribution in [0.3, 0.4) is 0 Å². The number of anilines is 3. The van der Waals surface area contributed by atoms with Gasteiger partial charge in [-0.1, -0.05) is 164 Å². The third-order valence-electron chi connectivity index (χ3n) is 14.8. The SMILES string of the molecule is c1ccc(-n2c3ccccc3c3cc(-n4c5ccccc5c5cc(N(c6ccc7c8ccccc8c8ccccc8c7c6)c6ccc7c8ccccc8c8ccccc8c7c6)ccc54)ccc32)cc1. The minimum absolute atomic E-state index is 1.10. The fraction of sp³-hybridized carbons (Fsp3) is 0. The highest BCUT2D eigenvalue weighted by atomic mass is 15.1. The lowest BCUT2D eigenvalue weighted by Gasteiger charge is -2.27. The lowest BCUT2D eigenvalue weighted by atomic mass is 9.93. The lowest BCUT2D eigenvalue weighted by molar-refractivity contribution is 1.16. The van der Waals surface area contributed by atoms with Gasteiger partial charge in [0.1, 0.15) is 0 Å². The van der Waals surface area contributed by atoms with E-state index in [2.05, 4.69) is 263 Å². The van der Waals surface area contributed by atoms with E-state index in [4.69, 9.17) is 0 Å². The Hall–Kier alpha value is -9.18. The Kier molecular flexibility index (Phi) is 8.07. The lowest BCUT2D eigenvalue weighted by Crippen LogP contribution is -2.10. The first-order valence-corrected chi connectivity index (χ1v) is 23.8. The summed E-state index contributed by atoms with van der Waals surface area (Å²) in [6.45, 7) is 0. The first-order valence-electron chi connectivity index (χ1n) is 23.8. The molecule has 2 heterocycles. The molecule has 0 saturated carbocycles. The maximum absolute atomic E-state index is 2.48. The van der Waals surface area contributed by atoms with Gasteiger partial charge in [0.15, 0.2) is 0 Å². The van der Waals surface area contributed by atoms with Crippen molar-refractivity contribution in [1.82, 2.24) is 9.13 Å². The zero-order valence-corrected chi connectivity index (χ0v) is 37.5. The van der Waals surface area contributed by atoms with Crippen LogP contribution in [0.5, 0.6) is 0 Å². The predicted octanol–water partition coefficient (Wildman–Crippen LogP) is 18.3. The van der Waals surface area contributed by atoms with E-state index in [1.807, 2.05) is 0 Å². The van der Waals surface area contributed by atoms with Crippen LogP contribution >= 0.6 is 0 Å². The highest BCUT2D eigenvalue weighted by Gasteiger charge is 2.21. The summed E-state index contributed by atoms with van der Waals surface area (Å²) < 4.78 is 4.84. The number of rotatable bonds is 5. The number of aromatic nitrogens is 2. The van der Waals surface area contributed by atoms with E-state index < -0.39 is 0 Å². The van der Waals surface area contributed by atoms with Gasteiger partial charge < -0.3 is 14.0 Å². The molecular formula is C66H41N3. The number of hydrogen-bond acceptors (Lipinski definition) is 1. The Morgan fingerprint density at radius 2 is 0.493 bits per heavy atom. The van der Waals surface area contributed by atoms with Gasteiger partial charge in [-0.25, -0.2) is 0 Å². The van der Waals surface area contributed by atoms with Crippen LogP contribution in [0.1, 0.15) is 0 Å². The molecule has 15 rings (SSSR count). The fourth-order valence-electron chi connectivity index (χ4n) is 11.9. The predicted molar refractivity (Wildman–Crippen MR) is 295 cm³/mol. The third-order valence-corrected chi connectivity index (χ3v) is 14.8. The number of benzene rings is 13. The molecule has 0 radical (unpaired) electrons. The van der Waals surface area contributed by atoms with E-state index in [0.717, 1.165) is 34.0 Å². The average Bonchev–Trinajstić information content (AvgIpc) is 3.93. The quantitative estimate of drug-likeness (QED) is 0.157. The highest BCUT2D eigenvalue weighted by Crippen LogP contribution is 2.46. The van der Waals surface area contributed by atoms with Crippen molar-refractivity contribution in [3.63, 3.8) is 0 Å². The second-order valence-electron chi connectivity index (χ2n) is 18.4. The topological polar surface area (TPSA) is 13.1 Å². The molecule has 15 aromatic rings. The molecule has 2 aromatic heterocycles. The summed E-state index contributed by atoms with van der Waals surface area (Å²) in [5, 5.41) is 20.0. The number of nitrogens with zero attached hydrogens (tertiary/aromatic N) is 3. The second-order valence-corrected chi connectivity index (χ2v) is 18.4. The molecule has 3 nitrogen and oxygen atoms in total. The third kappa shape index (κ3) is 5.56. The van der Waals surface area contributed by atoms with Crippen molar-refractivity contribution in [1.29, 1.82) is 0 Å². The second kappa shape index (κ2) is 14.7. The van der Waals surface area contributed by atoms with E-state index in [9.17, 15) is 0 Å². The van der Waals surface area contributed by atoms with Crippen LogP contribution in [-0.2, 0) is 0 Å². The number of para-hydroxylation sites is 3. The smallest absolute Gasteiger partial charge is 0.0542 e. The van der Waals surface area contributed by atoms with E-state index in [1.165, 1.54) is 103 Å². The van der Waals surface area contributed by atoms with Gasteiger partial charge in [0, 0.05) is 50.0 Å². The molecule has 0 fully saturated rings. The molecule has 0 aliphatic heterocycles. The number of hydrogen-bond donors (Lipinski definition) is 0. The summed E-state index contributed by atoms with van der Waals surface area (Å²) in [6, 6.07) is 92.0. The molecule has 0 saturated heterocycles. The fourth-order valence-corrected chi connectivity index (χ4v) is 11.9. The summed E-state index contributed by atoms with van der Waals surface area (Å²) in [5.74, 6) is 0. The minimum Gasteiger partial charge on any atom is -0.310 e. The summed E-state index contributed by atoms with van der Waals surface area (Å²) in [6.07, 6.45) is 0. The van der Waals surface area contributed by atoms with Gasteiger partial charge >= 0.3 is 0 Å². The van der Waals surface area contributed by atoms with Gasteiger partial charge in [0.2, 0.25) is 0 Å². The van der Waals surface area contributed by atoms with Crippen molar-refractivity contribution in [3.05, 3.63) is 249 Å². The standard InChI is InChI=1S/C66H41N3/c1-2-16-42(17-3-1)68-63-28-14-12-26-57(63)62-41-46(33-37-65(62)68)69-64-29-15-13-27-58(64)61-40-45(32-36-66(61)69)67(43-30-34-55-51-22-6-4-18-47(51)49-20-8-10-24-53(49)59(55)38-43)44-31-35-56-52-23-7-5-19-48(52)50-21-9-11-25-54(50)60(56)39-44/h1-41H. The molecule has 0 aliphatic carbocycles. The van der Waals surface area contributed by atoms with Crippen molar-refractivity contribution < 1.29 is 0 Å². The van der Waals surface area contributed by atoms with E-state index in [1.54, 1.807) is 0 Å². The molecule has 0 spiro atoms. The van der Waals surface area contributed by atoms with E-state index in [-0.39, 0.29) is 0 Å². The van der Waals surface area contributed by atoms with Crippen molar-refractivity contribution >= 4 is 125 Å². The van der Waals surface area contributed by atoms with Crippen LogP contribution in [0.2, 0.25) is 0 Å². The summed E-state index contributed by atoms with van der Waals surface area (Å²) >= 11 is 0. The summed E-state index contributed by atoms with van der Waals surface area (Å²) in [7, 11) is 0. The largest absolute Gasteiger partial charge is 0.310 e. The minimum atomic E-state index is 1.10. The molecule has 3 heteroatoms. The van der Waals surface area contributed by atoms with Crippen LogP contribution in [-0.4, -0.2) is 9.13 Å². The van der Waals surface area contributed by atoms with Crippen molar-refractivity contribution in [2.75, 3.05) is 4.90 Å². The summed E-state index contributed by atoms with van der Waals surface area (Å²) in [4.78, 5) is 2.48. The van der Waals surface area contributed by atoms with Crippen LogP contribution in [0.4, 0.5) is 17.1 Å². The van der Waals surface area contributed by atoms with Crippen molar-refractivity contribution in [2.24, 2.45) is 0 Å². The van der Waals surface area contributed by atoms with Crippen LogP contribution in [0.15, 0.2) is 249 Å². The zero-order valence-electron chi connectivity index (χ0n) is 37.5. The van der Waals surface area contributed by atoms with Crippen molar-refractivity contribution in [2.45, 2.75) is 0 Å². The molecule has 0 aliphatic rings. The Labute approximate surface area is 397 Å². The Morgan fingerprint density at radius 3 is 0.957 bits per heavy atom. The molecule has 320 valence electrons. The average molecular weight is 876 g/mol. The molecule has 0 bridgehead atoms. The van der Waals surface area contributed by atoms with Gasteiger partial charge in [0.05, 0.1) is 22.1 Å². The maximum Gasteiger partial charge on any atom is 0.0542 e. The zero-order chi connectivity index (χ0) is 45.2. The highest BCUT2D eigenvalue weighted by molar-refractivity contribution is 6.27. The maximum atomic E-state index is 2.48. The molecule has 0 N–H and O–H groups in total. The van der Waals surface area contributed by atoms with Crippen LogP contribution in [0.25, 0.3) is 120 Å². The van der Waals surface area contributed by atoms with Gasteiger partial charge in [0.25, 0.3) is 0 Å². The van der Waals surface area contributed by atoms with E-state index >= 15 is 0 Å². The van der Waals surface area contributed by atoms with Gasteiger partial charge in [-0.3, -0.25) is 0 Å². The van der Waals surface area contributed by atoms with E-state index in [0.29, 0.717) is 0 Å². The molecule has 13 aromatic carbocycles. The Balaban J connectivity index is 0.982. The molecule has 69 heavy (non-hydrogen) atoms. The van der Waals surface area contributed by atoms with Gasteiger partial charge in [-0.05, 0) is 150 Å². The molecule has 0 amide bonds. The normalized spacial score (nSPS) is 12.1. The van der Waals surface area contributed by atoms with Gasteiger partial charge in [-0.2, -0.15) is 0 Å². The monoisotopic (exact) mass is 875 g/mol. The van der Waals surface area contributed by atoms with Crippen LogP contribution < -0.4 is 4.90 Å². The molecular weight excluding hydrogens is 835 g/mol. The Morgan fingerprint density at radius 1 is 0.188 bits per heavy atom. The van der Waals surface area contributed by atoms with Gasteiger partial charge in [-0.15, -0.1) is 0 Å².